The molecule has 0 aromatic heterocycles. The summed E-state index contributed by atoms with van der Waals surface area (Å²) < 4.78 is 5.08. The lowest BCUT2D eigenvalue weighted by Gasteiger charge is -2.19. The molecule has 0 spiro atoms. The molecule has 1 N–H and O–H groups in total. The van der Waals surface area contributed by atoms with Crippen molar-refractivity contribution < 1.29 is 14.3 Å². The van der Waals surface area contributed by atoms with Crippen LogP contribution >= 0.6 is 0 Å². The van der Waals surface area contributed by atoms with Gasteiger partial charge in [-0.1, -0.05) is 6.92 Å². The van der Waals surface area contributed by atoms with E-state index in [0.717, 1.165) is 12.8 Å². The summed E-state index contributed by atoms with van der Waals surface area (Å²) in [6.07, 6.45) is 1.19. The highest BCUT2D eigenvalue weighted by atomic mass is 16.6. The zero-order valence-electron chi connectivity index (χ0n) is 10.9. The van der Waals surface area contributed by atoms with Crippen LogP contribution in [0, 0.1) is 5.92 Å². The second kappa shape index (κ2) is 6.51. The van der Waals surface area contributed by atoms with E-state index in [1.807, 2.05) is 27.7 Å². The highest BCUT2D eigenvalue weighted by molar-refractivity contribution is 5.77. The number of carbonyl (C=O) groups is 2. The highest BCUT2D eigenvalue weighted by Gasteiger charge is 2.15. The summed E-state index contributed by atoms with van der Waals surface area (Å²) in [5.41, 5.74) is -0.462. The SMILES string of the molecule is CC(=O)[C@@H](C)CCCNC(=O)OC(C)(C)C. The van der Waals surface area contributed by atoms with Gasteiger partial charge in [0.05, 0.1) is 0 Å². The van der Waals surface area contributed by atoms with Gasteiger partial charge in [0.1, 0.15) is 11.4 Å². The predicted molar refractivity (Wildman–Crippen MR) is 63.3 cm³/mol. The predicted octanol–water partition coefficient (Wildman–Crippen LogP) is 2.52. The van der Waals surface area contributed by atoms with Gasteiger partial charge in [-0.15, -0.1) is 0 Å². The fourth-order valence-corrected chi connectivity index (χ4v) is 1.12. The van der Waals surface area contributed by atoms with Gasteiger partial charge in [0.25, 0.3) is 0 Å². The summed E-state index contributed by atoms with van der Waals surface area (Å²) in [5.74, 6) is 0.262. The van der Waals surface area contributed by atoms with Crippen LogP contribution in [0.25, 0.3) is 0 Å². The third-order valence-corrected chi connectivity index (χ3v) is 2.18. The fraction of sp³-hybridized carbons (Fsp3) is 0.833. The monoisotopic (exact) mass is 229 g/mol. The Bertz CT molecular complexity index is 243. The molecule has 94 valence electrons. The Labute approximate surface area is 97.7 Å². The molecule has 0 saturated carbocycles. The fourth-order valence-electron chi connectivity index (χ4n) is 1.12. The molecule has 16 heavy (non-hydrogen) atoms. The van der Waals surface area contributed by atoms with E-state index in [9.17, 15) is 9.59 Å². The van der Waals surface area contributed by atoms with E-state index in [0.29, 0.717) is 6.54 Å². The number of ketones is 1. The van der Waals surface area contributed by atoms with Crippen molar-refractivity contribution in [2.75, 3.05) is 6.54 Å². The van der Waals surface area contributed by atoms with Crippen LogP contribution in [0.4, 0.5) is 4.79 Å². The molecule has 0 aliphatic heterocycles. The zero-order valence-corrected chi connectivity index (χ0v) is 10.9. The molecule has 0 bridgehead atoms. The number of rotatable bonds is 5. The Kier molecular flexibility index (Phi) is 6.08. The number of ether oxygens (including phenoxy) is 1. The number of Topliss-reactive ketones (excluding diaryl/α,β-unsaturated/α-hetero) is 1. The van der Waals surface area contributed by atoms with Gasteiger partial charge >= 0.3 is 6.09 Å². The van der Waals surface area contributed by atoms with E-state index < -0.39 is 11.7 Å². The third kappa shape index (κ3) is 8.26. The van der Waals surface area contributed by atoms with Gasteiger partial charge in [-0.05, 0) is 40.5 Å². The number of nitrogens with one attached hydrogen (secondary N) is 1. The van der Waals surface area contributed by atoms with Crippen LogP contribution in [-0.2, 0) is 9.53 Å². The minimum atomic E-state index is -0.462. The molecule has 0 heterocycles. The first kappa shape index (κ1) is 14.9. The number of hydrogen-bond acceptors (Lipinski definition) is 3. The average molecular weight is 229 g/mol. The van der Waals surface area contributed by atoms with Gasteiger partial charge in [0.15, 0.2) is 0 Å². The summed E-state index contributed by atoms with van der Waals surface area (Å²) >= 11 is 0. The van der Waals surface area contributed by atoms with Crippen molar-refractivity contribution in [2.24, 2.45) is 5.92 Å². The zero-order chi connectivity index (χ0) is 12.8. The molecule has 0 saturated heterocycles. The lowest BCUT2D eigenvalue weighted by atomic mass is 10.0. The third-order valence-electron chi connectivity index (χ3n) is 2.18. The number of alkyl carbamates (subject to hydrolysis) is 1. The molecule has 0 aliphatic carbocycles. The highest BCUT2D eigenvalue weighted by Crippen LogP contribution is 2.07. The molecule has 0 unspecified atom stereocenters. The van der Waals surface area contributed by atoms with E-state index in [1.54, 1.807) is 6.92 Å². The standard InChI is InChI=1S/C12H23NO3/c1-9(10(2)14)7-6-8-13-11(15)16-12(3,4)5/h9H,6-8H2,1-5H3,(H,13,15)/t9-/m0/s1. The second-order valence-electron chi connectivity index (χ2n) is 5.08. The minimum absolute atomic E-state index is 0.0698. The van der Waals surface area contributed by atoms with Crippen LogP contribution < -0.4 is 5.32 Å². The smallest absolute Gasteiger partial charge is 0.407 e. The molecule has 0 aliphatic rings. The van der Waals surface area contributed by atoms with Gasteiger partial charge in [0.2, 0.25) is 0 Å². The molecule has 1 atom stereocenters. The van der Waals surface area contributed by atoms with Gasteiger partial charge in [-0.25, -0.2) is 4.79 Å². The van der Waals surface area contributed by atoms with E-state index in [1.165, 1.54) is 0 Å². The maximum atomic E-state index is 11.2. The Morgan fingerprint density at radius 1 is 1.31 bits per heavy atom. The topological polar surface area (TPSA) is 55.4 Å². The van der Waals surface area contributed by atoms with Crippen LogP contribution in [-0.4, -0.2) is 24.0 Å². The van der Waals surface area contributed by atoms with Crippen molar-refractivity contribution in [3.05, 3.63) is 0 Å². The molecule has 4 nitrogen and oxygen atoms in total. The van der Waals surface area contributed by atoms with Gasteiger partial charge in [-0.3, -0.25) is 4.79 Å². The maximum Gasteiger partial charge on any atom is 0.407 e. The molecule has 0 fully saturated rings. The van der Waals surface area contributed by atoms with Crippen LogP contribution in [0.5, 0.6) is 0 Å². The molecule has 1 amide bonds. The van der Waals surface area contributed by atoms with E-state index in [4.69, 9.17) is 4.74 Å². The molecule has 0 rings (SSSR count). The van der Waals surface area contributed by atoms with E-state index in [-0.39, 0.29) is 11.7 Å². The Balaban J connectivity index is 3.60. The number of amides is 1. The lowest BCUT2D eigenvalue weighted by Crippen LogP contribution is -2.33. The summed E-state index contributed by atoms with van der Waals surface area (Å²) in [6.45, 7) is 9.51. The summed E-state index contributed by atoms with van der Waals surface area (Å²) in [4.78, 5) is 22.2. The van der Waals surface area contributed by atoms with Gasteiger partial charge in [0, 0.05) is 12.5 Å². The van der Waals surface area contributed by atoms with Crippen LogP contribution in [0.15, 0.2) is 0 Å². The summed E-state index contributed by atoms with van der Waals surface area (Å²) in [6, 6.07) is 0. The molecule has 0 radical (unpaired) electrons. The van der Waals surface area contributed by atoms with Gasteiger partial charge < -0.3 is 10.1 Å². The first-order valence-electron chi connectivity index (χ1n) is 5.69. The number of hydrogen-bond donors (Lipinski definition) is 1. The second-order valence-corrected chi connectivity index (χ2v) is 5.08. The van der Waals surface area contributed by atoms with Crippen LogP contribution in [0.1, 0.15) is 47.5 Å². The van der Waals surface area contributed by atoms with E-state index >= 15 is 0 Å². The maximum absolute atomic E-state index is 11.2. The molecule has 0 aromatic rings. The van der Waals surface area contributed by atoms with Crippen LogP contribution in [0.3, 0.4) is 0 Å². The first-order valence-corrected chi connectivity index (χ1v) is 5.69. The Morgan fingerprint density at radius 2 is 1.88 bits per heavy atom. The van der Waals surface area contributed by atoms with Crippen molar-refractivity contribution >= 4 is 11.9 Å². The van der Waals surface area contributed by atoms with Crippen LogP contribution in [0.2, 0.25) is 0 Å². The largest absolute Gasteiger partial charge is 0.444 e. The minimum Gasteiger partial charge on any atom is -0.444 e. The van der Waals surface area contributed by atoms with Crippen molar-refractivity contribution in [3.8, 4) is 0 Å². The molecule has 0 aromatic carbocycles. The molecular weight excluding hydrogens is 206 g/mol. The molecular formula is C12H23NO3. The normalized spacial score (nSPS) is 13.1. The Morgan fingerprint density at radius 3 is 2.31 bits per heavy atom. The van der Waals surface area contributed by atoms with Crippen molar-refractivity contribution in [2.45, 2.75) is 53.1 Å². The van der Waals surface area contributed by atoms with Crippen molar-refractivity contribution in [3.63, 3.8) is 0 Å². The summed E-state index contributed by atoms with van der Waals surface area (Å²) in [7, 11) is 0. The summed E-state index contributed by atoms with van der Waals surface area (Å²) in [5, 5.41) is 2.66. The average Bonchev–Trinajstić information content (AvgIpc) is 2.08. The van der Waals surface area contributed by atoms with Crippen molar-refractivity contribution in [1.82, 2.24) is 5.32 Å². The van der Waals surface area contributed by atoms with Gasteiger partial charge in [-0.2, -0.15) is 0 Å². The Hall–Kier alpha value is -1.06. The quantitative estimate of drug-likeness (QED) is 0.737. The van der Waals surface area contributed by atoms with Crippen molar-refractivity contribution in [1.29, 1.82) is 0 Å². The molecule has 4 heteroatoms. The lowest BCUT2D eigenvalue weighted by molar-refractivity contribution is -0.120. The first-order chi connectivity index (χ1) is 7.22. The number of carbonyl (C=O) groups excluding carboxylic acids is 2. The van der Waals surface area contributed by atoms with E-state index in [2.05, 4.69) is 5.32 Å².